The Labute approximate surface area is 128 Å². The molecule has 1 saturated carbocycles. The second-order valence-corrected chi connectivity index (χ2v) is 6.02. The molecule has 0 unspecified atom stereocenters. The molecule has 0 radical (unpaired) electrons. The number of hydrogen-bond donors (Lipinski definition) is 0. The van der Waals surface area contributed by atoms with E-state index in [9.17, 15) is 4.39 Å². The molecule has 0 N–H and O–H groups in total. The van der Waals surface area contributed by atoms with Gasteiger partial charge in [0, 0.05) is 0 Å². The first-order chi connectivity index (χ1) is 10.2. The molecule has 1 aromatic carbocycles. The Balaban J connectivity index is 2.15. The maximum Gasteiger partial charge on any atom is 0.123 e. The number of benzene rings is 1. The summed E-state index contributed by atoms with van der Waals surface area (Å²) in [5.41, 5.74) is 4.07. The van der Waals surface area contributed by atoms with Crippen molar-refractivity contribution in [2.75, 3.05) is 0 Å². The highest BCUT2D eigenvalue weighted by molar-refractivity contribution is 5.67. The Morgan fingerprint density at radius 2 is 1.81 bits per heavy atom. The molecule has 2 rings (SSSR count). The van der Waals surface area contributed by atoms with Gasteiger partial charge in [0.2, 0.25) is 0 Å². The van der Waals surface area contributed by atoms with Gasteiger partial charge < -0.3 is 0 Å². The maximum atomic E-state index is 13.1. The van der Waals surface area contributed by atoms with E-state index in [0.29, 0.717) is 0 Å². The van der Waals surface area contributed by atoms with E-state index in [0.717, 1.165) is 24.3 Å². The van der Waals surface area contributed by atoms with Gasteiger partial charge >= 0.3 is 0 Å². The van der Waals surface area contributed by atoms with E-state index < -0.39 is 0 Å². The molecule has 0 spiro atoms. The summed E-state index contributed by atoms with van der Waals surface area (Å²) in [5.74, 6) is 0.595. The highest BCUT2D eigenvalue weighted by Gasteiger charge is 2.18. The van der Waals surface area contributed by atoms with Crippen LogP contribution in [0.2, 0.25) is 0 Å². The minimum atomic E-state index is -0.159. The fourth-order valence-electron chi connectivity index (χ4n) is 3.38. The van der Waals surface area contributed by atoms with Crippen LogP contribution < -0.4 is 0 Å². The quantitative estimate of drug-likeness (QED) is 0.539. The van der Waals surface area contributed by atoms with Gasteiger partial charge in [-0.15, -0.1) is 0 Å². The first kappa shape index (κ1) is 16.0. The highest BCUT2D eigenvalue weighted by atomic mass is 19.1. The summed E-state index contributed by atoms with van der Waals surface area (Å²) >= 11 is 0. The summed E-state index contributed by atoms with van der Waals surface area (Å²) in [6, 6.07) is 6.94. The van der Waals surface area contributed by atoms with Crippen LogP contribution in [-0.4, -0.2) is 0 Å². The lowest BCUT2D eigenvalue weighted by molar-refractivity contribution is 0.399. The Kier molecular flexibility index (Phi) is 6.22. The molecule has 21 heavy (non-hydrogen) atoms. The van der Waals surface area contributed by atoms with Gasteiger partial charge in [-0.2, -0.15) is 0 Å². The Hall–Kier alpha value is -1.37. The summed E-state index contributed by atoms with van der Waals surface area (Å²) < 4.78 is 13.1. The molecule has 0 nitrogen and oxygen atoms in total. The minimum Gasteiger partial charge on any atom is -0.207 e. The molecular weight excluding hydrogens is 259 g/mol. The van der Waals surface area contributed by atoms with Gasteiger partial charge in [0.05, 0.1) is 0 Å². The van der Waals surface area contributed by atoms with E-state index in [2.05, 4.69) is 26.0 Å². The fraction of sp³-hybridized carbons (Fsp3) is 0.500. The third kappa shape index (κ3) is 4.56. The molecule has 1 fully saturated rings. The van der Waals surface area contributed by atoms with Crippen molar-refractivity contribution in [3.05, 3.63) is 53.4 Å². The first-order valence-corrected chi connectivity index (χ1v) is 8.34. The van der Waals surface area contributed by atoms with E-state index in [1.165, 1.54) is 37.7 Å². The zero-order valence-corrected chi connectivity index (χ0v) is 13.4. The van der Waals surface area contributed by atoms with Crippen LogP contribution in [0, 0.1) is 11.7 Å². The lowest BCUT2D eigenvalue weighted by Gasteiger charge is -2.25. The Morgan fingerprint density at radius 1 is 1.14 bits per heavy atom. The van der Waals surface area contributed by atoms with Crippen LogP contribution in [0.1, 0.15) is 64.4 Å². The average Bonchev–Trinajstić information content (AvgIpc) is 2.53. The van der Waals surface area contributed by atoms with Crippen LogP contribution in [-0.2, 0) is 0 Å². The number of rotatable bonds is 5. The smallest absolute Gasteiger partial charge is 0.123 e. The number of halogens is 1. The van der Waals surface area contributed by atoms with E-state index in [4.69, 9.17) is 0 Å². The highest BCUT2D eigenvalue weighted by Crippen LogP contribution is 2.35. The van der Waals surface area contributed by atoms with Crippen molar-refractivity contribution in [1.82, 2.24) is 0 Å². The van der Waals surface area contributed by atoms with Gasteiger partial charge in [-0.1, -0.05) is 56.0 Å². The zero-order chi connectivity index (χ0) is 15.1. The van der Waals surface area contributed by atoms with Crippen molar-refractivity contribution in [2.45, 2.75) is 58.8 Å². The van der Waals surface area contributed by atoms with Crippen LogP contribution >= 0.6 is 0 Å². The normalized spacial score (nSPS) is 18.0. The molecule has 0 aliphatic heterocycles. The van der Waals surface area contributed by atoms with Crippen LogP contribution in [0.3, 0.4) is 0 Å². The lowest BCUT2D eigenvalue weighted by Crippen LogP contribution is -2.09. The molecule has 0 amide bonds. The van der Waals surface area contributed by atoms with Gasteiger partial charge in [-0.05, 0) is 61.8 Å². The van der Waals surface area contributed by atoms with Gasteiger partial charge in [-0.25, -0.2) is 4.39 Å². The molecular formula is C20H27F. The van der Waals surface area contributed by atoms with E-state index in [1.54, 1.807) is 17.7 Å². The van der Waals surface area contributed by atoms with Crippen molar-refractivity contribution in [3.8, 4) is 0 Å². The summed E-state index contributed by atoms with van der Waals surface area (Å²) in [4.78, 5) is 0. The molecule has 0 bridgehead atoms. The average molecular weight is 286 g/mol. The van der Waals surface area contributed by atoms with Crippen LogP contribution in [0.5, 0.6) is 0 Å². The first-order valence-electron chi connectivity index (χ1n) is 8.34. The van der Waals surface area contributed by atoms with Crippen molar-refractivity contribution in [3.63, 3.8) is 0 Å². The molecule has 1 heteroatoms. The monoisotopic (exact) mass is 286 g/mol. The van der Waals surface area contributed by atoms with E-state index in [-0.39, 0.29) is 5.82 Å². The largest absolute Gasteiger partial charge is 0.207 e. The summed E-state index contributed by atoms with van der Waals surface area (Å²) in [7, 11) is 0. The molecule has 1 aliphatic rings. The van der Waals surface area contributed by atoms with E-state index in [1.807, 2.05) is 12.1 Å². The fourth-order valence-corrected chi connectivity index (χ4v) is 3.38. The Morgan fingerprint density at radius 3 is 2.38 bits per heavy atom. The van der Waals surface area contributed by atoms with Crippen LogP contribution in [0.15, 0.2) is 42.0 Å². The SMILES string of the molecule is C/C=C(\CC(=CCC)c1ccc(F)cc1)C1CCCCC1. The summed E-state index contributed by atoms with van der Waals surface area (Å²) in [6.07, 6.45) is 13.4. The lowest BCUT2D eigenvalue weighted by atomic mass is 9.80. The third-order valence-corrected chi connectivity index (χ3v) is 4.56. The summed E-state index contributed by atoms with van der Waals surface area (Å²) in [6.45, 7) is 4.33. The van der Waals surface area contributed by atoms with Crippen LogP contribution in [0.4, 0.5) is 4.39 Å². The molecule has 0 heterocycles. The van der Waals surface area contributed by atoms with Crippen molar-refractivity contribution in [2.24, 2.45) is 5.92 Å². The molecule has 0 atom stereocenters. The molecule has 1 aromatic rings. The minimum absolute atomic E-state index is 0.159. The van der Waals surface area contributed by atoms with Crippen molar-refractivity contribution < 1.29 is 4.39 Å². The van der Waals surface area contributed by atoms with Gasteiger partial charge in [0.1, 0.15) is 5.82 Å². The Bertz CT molecular complexity index is 487. The standard InChI is InChI=1S/C20H27F/c1-3-8-19(18-11-13-20(21)14-12-18)15-16(4-2)17-9-6-5-7-10-17/h4,8,11-14,17H,3,5-7,9-10,15H2,1-2H3/b16-4+,19-8?. The van der Waals surface area contributed by atoms with Gasteiger partial charge in [-0.3, -0.25) is 0 Å². The molecule has 1 aliphatic carbocycles. The zero-order valence-electron chi connectivity index (χ0n) is 13.4. The van der Waals surface area contributed by atoms with Crippen molar-refractivity contribution in [1.29, 1.82) is 0 Å². The third-order valence-electron chi connectivity index (χ3n) is 4.56. The summed E-state index contributed by atoms with van der Waals surface area (Å²) in [5, 5.41) is 0. The van der Waals surface area contributed by atoms with E-state index >= 15 is 0 Å². The molecule has 0 aromatic heterocycles. The van der Waals surface area contributed by atoms with Crippen LogP contribution in [0.25, 0.3) is 5.57 Å². The predicted octanol–water partition coefficient (Wildman–Crippen LogP) is 6.54. The number of hydrogen-bond acceptors (Lipinski definition) is 0. The van der Waals surface area contributed by atoms with Gasteiger partial charge in [0.25, 0.3) is 0 Å². The molecule has 114 valence electrons. The molecule has 0 saturated heterocycles. The van der Waals surface area contributed by atoms with Gasteiger partial charge in [0.15, 0.2) is 0 Å². The predicted molar refractivity (Wildman–Crippen MR) is 89.6 cm³/mol. The number of allylic oxidation sites excluding steroid dienone is 4. The van der Waals surface area contributed by atoms with Crippen molar-refractivity contribution >= 4 is 5.57 Å². The maximum absolute atomic E-state index is 13.1. The second-order valence-electron chi connectivity index (χ2n) is 6.02. The topological polar surface area (TPSA) is 0 Å². The second kappa shape index (κ2) is 8.17.